The van der Waals surface area contributed by atoms with Crippen molar-refractivity contribution in [3.05, 3.63) is 42.1 Å². The van der Waals surface area contributed by atoms with E-state index in [1.807, 2.05) is 24.3 Å². The van der Waals surface area contributed by atoms with Gasteiger partial charge in [-0.25, -0.2) is 0 Å². The maximum absolute atomic E-state index is 9.83. The third-order valence-electron chi connectivity index (χ3n) is 2.44. The fourth-order valence-corrected chi connectivity index (χ4v) is 1.69. The molecule has 3 heteroatoms. The van der Waals surface area contributed by atoms with Gasteiger partial charge in [-0.15, -0.1) is 0 Å². The molecule has 1 heterocycles. The molecule has 1 aromatic heterocycles. The molecule has 0 saturated heterocycles. The molecule has 0 radical (unpaired) electrons. The van der Waals surface area contributed by atoms with Gasteiger partial charge in [0.15, 0.2) is 0 Å². The first kappa shape index (κ1) is 10.1. The molecule has 0 aliphatic heterocycles. The molecule has 0 bridgehead atoms. The van der Waals surface area contributed by atoms with Crippen LogP contribution in [0, 0.1) is 0 Å². The number of benzene rings is 1. The number of hydrogen-bond acceptors (Lipinski definition) is 3. The molecule has 0 aliphatic carbocycles. The van der Waals surface area contributed by atoms with E-state index in [4.69, 9.17) is 5.11 Å². The van der Waals surface area contributed by atoms with Crippen LogP contribution in [-0.2, 0) is 0 Å². The van der Waals surface area contributed by atoms with E-state index in [1.54, 1.807) is 12.3 Å². The second-order valence-corrected chi connectivity index (χ2v) is 3.45. The Morgan fingerprint density at radius 3 is 2.80 bits per heavy atom. The van der Waals surface area contributed by atoms with E-state index >= 15 is 0 Å². The van der Waals surface area contributed by atoms with Crippen LogP contribution >= 0.6 is 0 Å². The first-order valence-electron chi connectivity index (χ1n) is 4.95. The maximum atomic E-state index is 9.83. The number of aliphatic hydroxyl groups excluding tert-OH is 2. The topological polar surface area (TPSA) is 53.4 Å². The monoisotopic (exact) mass is 203 g/mol. The molecule has 15 heavy (non-hydrogen) atoms. The van der Waals surface area contributed by atoms with Crippen LogP contribution < -0.4 is 0 Å². The zero-order valence-corrected chi connectivity index (χ0v) is 8.30. The summed E-state index contributed by atoms with van der Waals surface area (Å²) in [5.74, 6) is 0. The van der Waals surface area contributed by atoms with Gasteiger partial charge in [0.1, 0.15) is 0 Å². The van der Waals surface area contributed by atoms with Gasteiger partial charge in [0.05, 0.1) is 11.6 Å². The van der Waals surface area contributed by atoms with Crippen LogP contribution in [0.5, 0.6) is 0 Å². The first-order valence-corrected chi connectivity index (χ1v) is 4.95. The fraction of sp³-hybridized carbons (Fsp3) is 0.250. The molecule has 2 N–H and O–H groups in total. The van der Waals surface area contributed by atoms with Crippen molar-refractivity contribution in [1.29, 1.82) is 0 Å². The highest BCUT2D eigenvalue weighted by Gasteiger charge is 2.10. The van der Waals surface area contributed by atoms with Crippen molar-refractivity contribution >= 4 is 10.9 Å². The zero-order chi connectivity index (χ0) is 10.7. The predicted molar refractivity (Wildman–Crippen MR) is 58.4 cm³/mol. The van der Waals surface area contributed by atoms with Crippen molar-refractivity contribution in [3.8, 4) is 0 Å². The SMILES string of the molecule is OCC[C@H](O)c1ccnc2ccccc12. The number of fused-ring (bicyclic) bond motifs is 1. The van der Waals surface area contributed by atoms with E-state index in [0.717, 1.165) is 16.5 Å². The zero-order valence-electron chi connectivity index (χ0n) is 8.30. The van der Waals surface area contributed by atoms with Gasteiger partial charge in [0.25, 0.3) is 0 Å². The van der Waals surface area contributed by atoms with E-state index in [0.29, 0.717) is 6.42 Å². The van der Waals surface area contributed by atoms with E-state index < -0.39 is 6.10 Å². The number of nitrogens with zero attached hydrogens (tertiary/aromatic N) is 1. The predicted octanol–water partition coefficient (Wildman–Crippen LogP) is 1.65. The van der Waals surface area contributed by atoms with Crippen LogP contribution in [0.2, 0.25) is 0 Å². The molecule has 3 nitrogen and oxygen atoms in total. The Hall–Kier alpha value is -1.45. The fourth-order valence-electron chi connectivity index (χ4n) is 1.69. The summed E-state index contributed by atoms with van der Waals surface area (Å²) in [6, 6.07) is 9.46. The van der Waals surface area contributed by atoms with E-state index in [2.05, 4.69) is 4.98 Å². The number of para-hydroxylation sites is 1. The Labute approximate surface area is 88.0 Å². The van der Waals surface area contributed by atoms with Gasteiger partial charge >= 0.3 is 0 Å². The Bertz CT molecular complexity index is 451. The summed E-state index contributed by atoms with van der Waals surface area (Å²) in [5, 5.41) is 19.6. The van der Waals surface area contributed by atoms with Crippen LogP contribution in [0.25, 0.3) is 10.9 Å². The van der Waals surface area contributed by atoms with Crippen LogP contribution in [0.4, 0.5) is 0 Å². The largest absolute Gasteiger partial charge is 0.396 e. The van der Waals surface area contributed by atoms with Gasteiger partial charge in [0.2, 0.25) is 0 Å². The summed E-state index contributed by atoms with van der Waals surface area (Å²) in [6.07, 6.45) is 1.41. The lowest BCUT2D eigenvalue weighted by molar-refractivity contribution is 0.135. The summed E-state index contributed by atoms with van der Waals surface area (Å²) in [7, 11) is 0. The molecule has 1 atom stereocenters. The normalized spacial score (nSPS) is 12.9. The van der Waals surface area contributed by atoms with Crippen LogP contribution in [0.1, 0.15) is 18.1 Å². The summed E-state index contributed by atoms with van der Waals surface area (Å²) in [6.45, 7) is -0.0161. The average Bonchev–Trinajstić information content (AvgIpc) is 2.28. The second kappa shape index (κ2) is 4.38. The summed E-state index contributed by atoms with van der Waals surface area (Å²) in [5.41, 5.74) is 1.70. The molecule has 78 valence electrons. The molecule has 0 fully saturated rings. The summed E-state index contributed by atoms with van der Waals surface area (Å²) in [4.78, 5) is 4.21. The van der Waals surface area contributed by atoms with E-state index in [1.165, 1.54) is 0 Å². The third-order valence-corrected chi connectivity index (χ3v) is 2.44. The second-order valence-electron chi connectivity index (χ2n) is 3.45. The van der Waals surface area contributed by atoms with Gasteiger partial charge in [-0.05, 0) is 17.7 Å². The van der Waals surface area contributed by atoms with Crippen molar-refractivity contribution in [3.63, 3.8) is 0 Å². The van der Waals surface area contributed by atoms with Gasteiger partial charge in [0, 0.05) is 24.6 Å². The van der Waals surface area contributed by atoms with Gasteiger partial charge < -0.3 is 10.2 Å². The van der Waals surface area contributed by atoms with Crippen LogP contribution in [0.15, 0.2) is 36.5 Å². The Balaban J connectivity index is 2.50. The summed E-state index contributed by atoms with van der Waals surface area (Å²) >= 11 is 0. The number of aliphatic hydroxyl groups is 2. The van der Waals surface area contributed by atoms with Crippen LogP contribution in [0.3, 0.4) is 0 Å². The van der Waals surface area contributed by atoms with Crippen molar-refractivity contribution in [2.75, 3.05) is 6.61 Å². The molecule has 0 spiro atoms. The van der Waals surface area contributed by atoms with E-state index in [9.17, 15) is 5.11 Å². The smallest absolute Gasteiger partial charge is 0.0819 e. The average molecular weight is 203 g/mol. The van der Waals surface area contributed by atoms with Gasteiger partial charge in [-0.1, -0.05) is 18.2 Å². The lowest BCUT2D eigenvalue weighted by Gasteiger charge is -2.11. The molecule has 2 rings (SSSR count). The molecule has 0 amide bonds. The molecule has 2 aromatic rings. The lowest BCUT2D eigenvalue weighted by atomic mass is 10.0. The molecule has 1 aromatic carbocycles. The van der Waals surface area contributed by atoms with Crippen LogP contribution in [-0.4, -0.2) is 21.8 Å². The molecular weight excluding hydrogens is 190 g/mol. The van der Waals surface area contributed by atoms with E-state index in [-0.39, 0.29) is 6.61 Å². The molecule has 0 unspecified atom stereocenters. The van der Waals surface area contributed by atoms with Gasteiger partial charge in [-0.3, -0.25) is 4.98 Å². The van der Waals surface area contributed by atoms with Gasteiger partial charge in [-0.2, -0.15) is 0 Å². The number of hydrogen-bond donors (Lipinski definition) is 2. The maximum Gasteiger partial charge on any atom is 0.0819 e. The highest BCUT2D eigenvalue weighted by molar-refractivity contribution is 5.82. The minimum atomic E-state index is -0.622. The number of rotatable bonds is 3. The first-order chi connectivity index (χ1) is 7.33. The highest BCUT2D eigenvalue weighted by atomic mass is 16.3. The minimum absolute atomic E-state index is 0.0161. The molecule has 0 saturated carbocycles. The quantitative estimate of drug-likeness (QED) is 0.797. The minimum Gasteiger partial charge on any atom is -0.396 e. The van der Waals surface area contributed by atoms with Crippen molar-refractivity contribution < 1.29 is 10.2 Å². The summed E-state index contributed by atoms with van der Waals surface area (Å²) < 4.78 is 0. The number of pyridine rings is 1. The Morgan fingerprint density at radius 1 is 1.20 bits per heavy atom. The van der Waals surface area contributed by atoms with Crippen molar-refractivity contribution in [2.45, 2.75) is 12.5 Å². The highest BCUT2D eigenvalue weighted by Crippen LogP contribution is 2.24. The third kappa shape index (κ3) is 1.98. The lowest BCUT2D eigenvalue weighted by Crippen LogP contribution is -2.01. The standard InChI is InChI=1S/C12H13NO2/c14-8-6-12(15)10-5-7-13-11-4-2-1-3-9(10)11/h1-5,7,12,14-15H,6,8H2/t12-/m0/s1. The Kier molecular flexibility index (Phi) is 2.94. The Morgan fingerprint density at radius 2 is 2.00 bits per heavy atom. The molecular formula is C12H13NO2. The van der Waals surface area contributed by atoms with Crippen molar-refractivity contribution in [2.24, 2.45) is 0 Å². The number of aromatic nitrogens is 1. The molecule has 0 aliphatic rings. The van der Waals surface area contributed by atoms with Crippen molar-refractivity contribution in [1.82, 2.24) is 4.98 Å².